The molecule has 1 amide bonds. The number of aryl methyl sites for hydroxylation is 1. The molecule has 1 aliphatic heterocycles. The second-order valence-electron chi connectivity index (χ2n) is 6.37. The van der Waals surface area contributed by atoms with Crippen molar-refractivity contribution < 1.29 is 14.7 Å². The first-order chi connectivity index (χ1) is 12.0. The molecular formula is C21H21NO3. The van der Waals surface area contributed by atoms with E-state index in [1.165, 1.54) is 6.92 Å². The van der Waals surface area contributed by atoms with Crippen LogP contribution in [0.5, 0.6) is 0 Å². The van der Waals surface area contributed by atoms with Crippen molar-refractivity contribution in [1.82, 2.24) is 4.90 Å². The van der Waals surface area contributed by atoms with E-state index in [1.54, 1.807) is 4.90 Å². The van der Waals surface area contributed by atoms with Crippen LogP contribution in [-0.2, 0) is 16.0 Å². The molecule has 2 aromatic rings. The fourth-order valence-corrected chi connectivity index (χ4v) is 3.23. The van der Waals surface area contributed by atoms with E-state index in [2.05, 4.69) is 0 Å². The van der Waals surface area contributed by atoms with Gasteiger partial charge in [-0.25, -0.2) is 0 Å². The van der Waals surface area contributed by atoms with Gasteiger partial charge in [-0.3, -0.25) is 9.59 Å². The minimum atomic E-state index is -0.533. The first-order valence-corrected chi connectivity index (χ1v) is 8.34. The Morgan fingerprint density at radius 1 is 1.08 bits per heavy atom. The summed E-state index contributed by atoms with van der Waals surface area (Å²) in [6.07, 6.45) is 0.660. The number of carbonyl (C=O) groups is 2. The summed E-state index contributed by atoms with van der Waals surface area (Å²) >= 11 is 0. The van der Waals surface area contributed by atoms with E-state index in [9.17, 15) is 14.7 Å². The van der Waals surface area contributed by atoms with Crippen LogP contribution in [0.3, 0.4) is 0 Å². The van der Waals surface area contributed by atoms with E-state index in [0.29, 0.717) is 13.0 Å². The number of Topliss-reactive ketones (excluding diaryl/α,β-unsaturated/α-hetero) is 1. The lowest BCUT2D eigenvalue weighted by Gasteiger charge is -2.26. The van der Waals surface area contributed by atoms with Crippen LogP contribution in [0.25, 0.3) is 0 Å². The Balaban J connectivity index is 1.93. The van der Waals surface area contributed by atoms with Gasteiger partial charge in [-0.05, 0) is 31.4 Å². The van der Waals surface area contributed by atoms with Crippen molar-refractivity contribution in [2.75, 3.05) is 6.54 Å². The lowest BCUT2D eigenvalue weighted by molar-refractivity contribution is -0.129. The second-order valence-corrected chi connectivity index (χ2v) is 6.37. The Morgan fingerprint density at radius 3 is 2.32 bits per heavy atom. The van der Waals surface area contributed by atoms with Gasteiger partial charge in [0.25, 0.3) is 5.91 Å². The molecule has 0 bridgehead atoms. The molecule has 0 aliphatic carbocycles. The monoisotopic (exact) mass is 335 g/mol. The van der Waals surface area contributed by atoms with Crippen LogP contribution >= 0.6 is 0 Å². The number of nitrogens with zero attached hydrogens (tertiary/aromatic N) is 1. The largest absolute Gasteiger partial charge is 0.503 e. The predicted molar refractivity (Wildman–Crippen MR) is 96.1 cm³/mol. The van der Waals surface area contributed by atoms with E-state index in [0.717, 1.165) is 16.7 Å². The maximum absolute atomic E-state index is 12.6. The topological polar surface area (TPSA) is 57.6 Å². The third-order valence-corrected chi connectivity index (χ3v) is 4.56. The van der Waals surface area contributed by atoms with Crippen LogP contribution in [-0.4, -0.2) is 28.2 Å². The van der Waals surface area contributed by atoms with Gasteiger partial charge in [0.15, 0.2) is 11.5 Å². The zero-order valence-electron chi connectivity index (χ0n) is 14.4. The van der Waals surface area contributed by atoms with Gasteiger partial charge >= 0.3 is 0 Å². The van der Waals surface area contributed by atoms with Gasteiger partial charge in [-0.15, -0.1) is 0 Å². The number of benzene rings is 2. The van der Waals surface area contributed by atoms with Gasteiger partial charge in [0, 0.05) is 6.54 Å². The van der Waals surface area contributed by atoms with Crippen molar-refractivity contribution in [2.24, 2.45) is 0 Å². The van der Waals surface area contributed by atoms with Crippen LogP contribution in [0.4, 0.5) is 0 Å². The maximum Gasteiger partial charge on any atom is 0.290 e. The van der Waals surface area contributed by atoms with Gasteiger partial charge in [0.2, 0.25) is 0 Å². The molecule has 0 saturated heterocycles. The van der Waals surface area contributed by atoms with E-state index >= 15 is 0 Å². The number of hydrogen-bond donors (Lipinski definition) is 1. The van der Waals surface area contributed by atoms with E-state index in [1.807, 2.05) is 61.5 Å². The lowest BCUT2D eigenvalue weighted by atomic mass is 9.96. The molecule has 1 N–H and O–H groups in total. The Bertz CT molecular complexity index is 822. The molecule has 128 valence electrons. The number of aliphatic hydroxyl groups is 1. The normalized spacial score (nSPS) is 17.3. The summed E-state index contributed by atoms with van der Waals surface area (Å²) in [7, 11) is 0. The second kappa shape index (κ2) is 6.93. The third kappa shape index (κ3) is 3.33. The molecule has 0 spiro atoms. The number of carbonyl (C=O) groups excluding carboxylic acids is 2. The fraction of sp³-hybridized carbons (Fsp3) is 0.238. The molecule has 0 fully saturated rings. The molecule has 0 saturated carbocycles. The van der Waals surface area contributed by atoms with Crippen molar-refractivity contribution >= 4 is 11.7 Å². The average Bonchev–Trinajstić information content (AvgIpc) is 2.86. The van der Waals surface area contributed by atoms with Gasteiger partial charge in [0.1, 0.15) is 0 Å². The van der Waals surface area contributed by atoms with Crippen LogP contribution < -0.4 is 0 Å². The Kier molecular flexibility index (Phi) is 4.70. The standard InChI is InChI=1S/C21H21NO3/c1-14-8-10-17(11-9-14)19-18(15(2)23)20(24)21(25)22(19)13-12-16-6-4-3-5-7-16/h3-11,19,24H,12-13H2,1-2H3/t19-/m1/s1. The maximum atomic E-state index is 12.6. The number of ketones is 1. The van der Waals surface area contributed by atoms with Gasteiger partial charge < -0.3 is 10.0 Å². The highest BCUT2D eigenvalue weighted by molar-refractivity contribution is 6.08. The first kappa shape index (κ1) is 17.0. The van der Waals surface area contributed by atoms with E-state index in [4.69, 9.17) is 0 Å². The lowest BCUT2D eigenvalue weighted by Crippen LogP contribution is -2.32. The Hall–Kier alpha value is -2.88. The van der Waals surface area contributed by atoms with E-state index < -0.39 is 17.7 Å². The predicted octanol–water partition coefficient (Wildman–Crippen LogP) is 3.52. The molecule has 1 aliphatic rings. The quantitative estimate of drug-likeness (QED) is 0.909. The molecule has 1 heterocycles. The minimum absolute atomic E-state index is 0.182. The summed E-state index contributed by atoms with van der Waals surface area (Å²) in [5.41, 5.74) is 3.22. The van der Waals surface area contributed by atoms with Crippen molar-refractivity contribution in [1.29, 1.82) is 0 Å². The van der Waals surface area contributed by atoms with Crippen molar-refractivity contribution in [3.63, 3.8) is 0 Å². The zero-order chi connectivity index (χ0) is 18.0. The molecule has 2 aromatic carbocycles. The summed E-state index contributed by atoms with van der Waals surface area (Å²) < 4.78 is 0. The molecular weight excluding hydrogens is 314 g/mol. The molecule has 1 atom stereocenters. The first-order valence-electron chi connectivity index (χ1n) is 8.34. The van der Waals surface area contributed by atoms with Gasteiger partial charge in [-0.1, -0.05) is 60.2 Å². The number of aliphatic hydroxyl groups excluding tert-OH is 1. The minimum Gasteiger partial charge on any atom is -0.503 e. The van der Waals surface area contributed by atoms with Crippen molar-refractivity contribution in [3.05, 3.63) is 82.6 Å². The van der Waals surface area contributed by atoms with E-state index in [-0.39, 0.29) is 11.4 Å². The van der Waals surface area contributed by atoms with Gasteiger partial charge in [-0.2, -0.15) is 0 Å². The average molecular weight is 335 g/mol. The molecule has 0 radical (unpaired) electrons. The molecule has 4 heteroatoms. The zero-order valence-corrected chi connectivity index (χ0v) is 14.4. The molecule has 0 aromatic heterocycles. The number of amides is 1. The molecule has 25 heavy (non-hydrogen) atoms. The fourth-order valence-electron chi connectivity index (χ4n) is 3.23. The van der Waals surface area contributed by atoms with Crippen molar-refractivity contribution in [2.45, 2.75) is 26.3 Å². The summed E-state index contributed by atoms with van der Waals surface area (Å²) in [6.45, 7) is 3.80. The SMILES string of the molecule is CC(=O)C1=C(O)C(=O)N(CCc2ccccc2)[C@@H]1c1ccc(C)cc1. The Morgan fingerprint density at radius 2 is 1.72 bits per heavy atom. The van der Waals surface area contributed by atoms with Gasteiger partial charge in [0.05, 0.1) is 11.6 Å². The molecule has 3 rings (SSSR count). The summed E-state index contributed by atoms with van der Waals surface area (Å²) in [4.78, 5) is 26.2. The van der Waals surface area contributed by atoms with Crippen molar-refractivity contribution in [3.8, 4) is 0 Å². The van der Waals surface area contributed by atoms with Crippen LogP contribution in [0.15, 0.2) is 65.9 Å². The highest BCUT2D eigenvalue weighted by Crippen LogP contribution is 2.37. The van der Waals surface area contributed by atoms with Crippen LogP contribution in [0, 0.1) is 6.92 Å². The third-order valence-electron chi connectivity index (χ3n) is 4.56. The summed E-state index contributed by atoms with van der Waals surface area (Å²) in [5, 5.41) is 10.2. The number of rotatable bonds is 5. The smallest absolute Gasteiger partial charge is 0.290 e. The Labute approximate surface area is 147 Å². The summed E-state index contributed by atoms with van der Waals surface area (Å²) in [6, 6.07) is 17.0. The molecule has 4 nitrogen and oxygen atoms in total. The summed E-state index contributed by atoms with van der Waals surface area (Å²) in [5.74, 6) is -1.18. The highest BCUT2D eigenvalue weighted by atomic mass is 16.3. The molecule has 0 unspecified atom stereocenters. The highest BCUT2D eigenvalue weighted by Gasteiger charge is 2.41. The van der Waals surface area contributed by atoms with Crippen LogP contribution in [0.1, 0.15) is 29.7 Å². The van der Waals surface area contributed by atoms with Crippen LogP contribution in [0.2, 0.25) is 0 Å². The number of hydrogen-bond acceptors (Lipinski definition) is 3.